The van der Waals surface area contributed by atoms with Gasteiger partial charge in [-0.1, -0.05) is 0 Å². The summed E-state index contributed by atoms with van der Waals surface area (Å²) in [6, 6.07) is 1.81. The smallest absolute Gasteiger partial charge is 0.387 e. The lowest BCUT2D eigenvalue weighted by atomic mass is 10.2. The molecule has 114 valence electrons. The van der Waals surface area contributed by atoms with Crippen molar-refractivity contribution in [1.29, 1.82) is 0 Å². The Morgan fingerprint density at radius 1 is 1.45 bits per heavy atom. The van der Waals surface area contributed by atoms with Gasteiger partial charge in [-0.25, -0.2) is 4.39 Å². The summed E-state index contributed by atoms with van der Waals surface area (Å²) in [6.45, 7) is -1.38. The van der Waals surface area contributed by atoms with Crippen LogP contribution in [0.2, 0.25) is 0 Å². The van der Waals surface area contributed by atoms with Crippen LogP contribution < -0.4 is 15.8 Å². The van der Waals surface area contributed by atoms with Crippen LogP contribution >= 0.6 is 11.8 Å². The molecule has 2 unspecified atom stereocenters. The van der Waals surface area contributed by atoms with E-state index in [4.69, 9.17) is 5.73 Å². The largest absolute Gasteiger partial charge is 0.432 e. The Labute approximate surface area is 119 Å². The van der Waals surface area contributed by atoms with E-state index in [-0.39, 0.29) is 29.3 Å². The maximum absolute atomic E-state index is 13.4. The van der Waals surface area contributed by atoms with Crippen LogP contribution in [0.1, 0.15) is 6.92 Å². The van der Waals surface area contributed by atoms with Crippen molar-refractivity contribution in [2.75, 3.05) is 23.9 Å². The molecular weight excluding hydrogens is 293 g/mol. The Bertz CT molecular complexity index is 445. The lowest BCUT2D eigenvalue weighted by Crippen LogP contribution is -2.31. The Morgan fingerprint density at radius 3 is 2.60 bits per heavy atom. The van der Waals surface area contributed by atoms with E-state index in [0.717, 1.165) is 12.1 Å². The number of halogens is 3. The monoisotopic (exact) mass is 310 g/mol. The molecule has 0 bridgehead atoms. The highest BCUT2D eigenvalue weighted by Crippen LogP contribution is 2.30. The van der Waals surface area contributed by atoms with Crippen molar-refractivity contribution in [3.8, 4) is 5.75 Å². The second kappa shape index (κ2) is 7.49. The SMILES string of the molecule is CSC(CO)C(C)Nc1cc(OC(F)F)c(F)cc1N. The first-order valence-electron chi connectivity index (χ1n) is 5.83. The molecule has 0 spiro atoms. The predicted molar refractivity (Wildman–Crippen MR) is 74.9 cm³/mol. The molecule has 0 saturated heterocycles. The quantitative estimate of drug-likeness (QED) is 0.675. The number of thioether (sulfide) groups is 1. The molecular formula is C12H17F3N2O2S. The maximum atomic E-state index is 13.4. The predicted octanol–water partition coefficient (Wildman–Crippen LogP) is 2.53. The molecule has 1 rings (SSSR count). The van der Waals surface area contributed by atoms with Crippen molar-refractivity contribution >= 4 is 23.1 Å². The number of nitrogens with one attached hydrogen (secondary N) is 1. The minimum atomic E-state index is -3.12. The van der Waals surface area contributed by atoms with Gasteiger partial charge in [0.1, 0.15) is 0 Å². The summed E-state index contributed by atoms with van der Waals surface area (Å²) in [4.78, 5) is 0. The first kappa shape index (κ1) is 16.8. The first-order chi connectivity index (χ1) is 9.38. The van der Waals surface area contributed by atoms with Gasteiger partial charge in [-0.2, -0.15) is 20.5 Å². The third kappa shape index (κ3) is 4.38. The van der Waals surface area contributed by atoms with Crippen molar-refractivity contribution in [3.05, 3.63) is 17.9 Å². The third-order valence-electron chi connectivity index (χ3n) is 2.74. The fraction of sp³-hybridized carbons (Fsp3) is 0.500. The second-order valence-electron chi connectivity index (χ2n) is 4.14. The number of aliphatic hydroxyl groups is 1. The normalized spacial score (nSPS) is 14.2. The van der Waals surface area contributed by atoms with Crippen molar-refractivity contribution < 1.29 is 23.0 Å². The van der Waals surface area contributed by atoms with Crippen LogP contribution in [0.25, 0.3) is 0 Å². The summed E-state index contributed by atoms with van der Waals surface area (Å²) in [6.07, 6.45) is 1.83. The lowest BCUT2D eigenvalue weighted by molar-refractivity contribution is -0.0521. The van der Waals surface area contributed by atoms with E-state index in [9.17, 15) is 18.3 Å². The molecule has 4 nitrogen and oxygen atoms in total. The molecule has 8 heteroatoms. The van der Waals surface area contributed by atoms with Crippen LogP contribution in [0.15, 0.2) is 12.1 Å². The fourth-order valence-electron chi connectivity index (χ4n) is 1.66. The molecule has 2 atom stereocenters. The summed E-state index contributed by atoms with van der Waals surface area (Å²) in [5, 5.41) is 12.0. The summed E-state index contributed by atoms with van der Waals surface area (Å²) in [5.41, 5.74) is 5.99. The number of nitrogen functional groups attached to an aromatic ring is 1. The average molecular weight is 310 g/mol. The number of hydrogen-bond acceptors (Lipinski definition) is 5. The van der Waals surface area contributed by atoms with Gasteiger partial charge in [0.25, 0.3) is 0 Å². The molecule has 1 aromatic carbocycles. The second-order valence-corrected chi connectivity index (χ2v) is 5.22. The van der Waals surface area contributed by atoms with Crippen LogP contribution in [0, 0.1) is 5.82 Å². The van der Waals surface area contributed by atoms with Gasteiger partial charge < -0.3 is 20.9 Å². The van der Waals surface area contributed by atoms with Gasteiger partial charge in [0.15, 0.2) is 11.6 Å². The summed E-state index contributed by atoms with van der Waals surface area (Å²) >= 11 is 1.44. The minimum Gasteiger partial charge on any atom is -0.432 e. The topological polar surface area (TPSA) is 67.5 Å². The first-order valence-corrected chi connectivity index (χ1v) is 7.11. The zero-order valence-electron chi connectivity index (χ0n) is 11.1. The number of ether oxygens (including phenoxy) is 1. The summed E-state index contributed by atoms with van der Waals surface area (Å²) < 4.78 is 41.8. The van der Waals surface area contributed by atoms with Crippen LogP contribution in [-0.4, -0.2) is 35.9 Å². The molecule has 20 heavy (non-hydrogen) atoms. The van der Waals surface area contributed by atoms with Gasteiger partial charge in [0, 0.05) is 23.4 Å². The Kier molecular flexibility index (Phi) is 6.28. The van der Waals surface area contributed by atoms with E-state index in [1.54, 1.807) is 6.92 Å². The van der Waals surface area contributed by atoms with E-state index in [1.165, 1.54) is 11.8 Å². The minimum absolute atomic E-state index is 0.0587. The van der Waals surface area contributed by atoms with Crippen molar-refractivity contribution in [1.82, 2.24) is 0 Å². The number of alkyl halides is 2. The van der Waals surface area contributed by atoms with Crippen LogP contribution in [0.4, 0.5) is 24.5 Å². The molecule has 1 aromatic rings. The van der Waals surface area contributed by atoms with Gasteiger partial charge in [0.2, 0.25) is 0 Å². The van der Waals surface area contributed by atoms with Crippen LogP contribution in [0.5, 0.6) is 5.75 Å². The van der Waals surface area contributed by atoms with Crippen molar-refractivity contribution in [3.63, 3.8) is 0 Å². The van der Waals surface area contributed by atoms with Gasteiger partial charge in [-0.15, -0.1) is 0 Å². The number of nitrogens with two attached hydrogens (primary N) is 1. The van der Waals surface area contributed by atoms with Gasteiger partial charge >= 0.3 is 6.61 Å². The van der Waals surface area contributed by atoms with Crippen LogP contribution in [-0.2, 0) is 0 Å². The van der Waals surface area contributed by atoms with E-state index < -0.39 is 18.2 Å². The molecule has 0 aliphatic heterocycles. The Balaban J connectivity index is 2.94. The molecule has 0 radical (unpaired) electrons. The van der Waals surface area contributed by atoms with Crippen molar-refractivity contribution in [2.45, 2.75) is 24.8 Å². The molecule has 4 N–H and O–H groups in total. The van der Waals surface area contributed by atoms with E-state index >= 15 is 0 Å². The molecule has 0 saturated carbocycles. The maximum Gasteiger partial charge on any atom is 0.387 e. The average Bonchev–Trinajstić information content (AvgIpc) is 2.36. The molecule has 0 heterocycles. The zero-order chi connectivity index (χ0) is 15.3. The summed E-state index contributed by atoms with van der Waals surface area (Å²) in [7, 11) is 0. The van der Waals surface area contributed by atoms with Crippen molar-refractivity contribution in [2.24, 2.45) is 0 Å². The van der Waals surface area contributed by atoms with Crippen LogP contribution in [0.3, 0.4) is 0 Å². The number of anilines is 2. The van der Waals surface area contributed by atoms with Gasteiger partial charge in [-0.05, 0) is 13.2 Å². The Hall–Kier alpha value is -1.28. The molecule has 0 aliphatic carbocycles. The highest BCUT2D eigenvalue weighted by molar-refractivity contribution is 7.99. The Morgan fingerprint density at radius 2 is 2.10 bits per heavy atom. The highest BCUT2D eigenvalue weighted by Gasteiger charge is 2.18. The number of aliphatic hydroxyl groups excluding tert-OH is 1. The lowest BCUT2D eigenvalue weighted by Gasteiger charge is -2.23. The third-order valence-corrected chi connectivity index (χ3v) is 3.91. The zero-order valence-corrected chi connectivity index (χ0v) is 11.9. The molecule has 0 amide bonds. The van der Waals surface area contributed by atoms with E-state index in [0.29, 0.717) is 0 Å². The number of rotatable bonds is 7. The molecule has 0 fully saturated rings. The summed E-state index contributed by atoms with van der Waals surface area (Å²) in [5.74, 6) is -1.53. The van der Waals surface area contributed by atoms with E-state index in [1.807, 2.05) is 6.26 Å². The molecule has 0 aliphatic rings. The highest BCUT2D eigenvalue weighted by atomic mass is 32.2. The fourth-order valence-corrected chi connectivity index (χ4v) is 2.28. The molecule has 0 aromatic heterocycles. The van der Waals surface area contributed by atoms with Gasteiger partial charge in [0.05, 0.1) is 18.0 Å². The number of benzene rings is 1. The number of hydrogen-bond donors (Lipinski definition) is 3. The van der Waals surface area contributed by atoms with E-state index in [2.05, 4.69) is 10.1 Å². The standard InChI is InChI=1S/C12H17F3N2O2S/c1-6(11(5-18)20-2)17-9-4-10(19-12(14)15)7(13)3-8(9)16/h3-4,6,11-12,17-18H,5,16H2,1-2H3. The van der Waals surface area contributed by atoms with Gasteiger partial charge in [-0.3, -0.25) is 0 Å².